The first-order valence-corrected chi connectivity index (χ1v) is 7.38. The molecular weight excluding hydrogens is 306 g/mol. The second-order valence-corrected chi connectivity index (χ2v) is 6.21. The Bertz CT molecular complexity index is 407. The summed E-state index contributed by atoms with van der Waals surface area (Å²) in [6, 6.07) is 6.06. The van der Waals surface area contributed by atoms with E-state index in [1.54, 1.807) is 7.11 Å². The Balaban J connectivity index is 2.81. The van der Waals surface area contributed by atoms with Crippen LogP contribution >= 0.6 is 15.9 Å². The average Bonchev–Trinajstić information content (AvgIpc) is 2.40. The molecule has 1 aromatic carbocycles. The molecule has 0 heterocycles. The van der Waals surface area contributed by atoms with Crippen molar-refractivity contribution >= 4 is 15.9 Å². The zero-order valence-corrected chi connectivity index (χ0v) is 13.8. The van der Waals surface area contributed by atoms with Crippen molar-refractivity contribution in [3.8, 4) is 5.75 Å². The van der Waals surface area contributed by atoms with E-state index in [1.807, 2.05) is 18.2 Å². The van der Waals surface area contributed by atoms with E-state index in [4.69, 9.17) is 15.2 Å². The van der Waals surface area contributed by atoms with Gasteiger partial charge in [0, 0.05) is 13.2 Å². The highest BCUT2D eigenvalue weighted by Gasteiger charge is 2.26. The topological polar surface area (TPSA) is 44.5 Å². The van der Waals surface area contributed by atoms with E-state index in [0.717, 1.165) is 22.2 Å². The van der Waals surface area contributed by atoms with Gasteiger partial charge in [-0.05, 0) is 45.5 Å². The van der Waals surface area contributed by atoms with Crippen molar-refractivity contribution in [3.05, 3.63) is 28.2 Å². The fraction of sp³-hybridized carbons (Fsp3) is 0.600. The van der Waals surface area contributed by atoms with E-state index in [1.165, 1.54) is 0 Å². The maximum Gasteiger partial charge on any atom is 0.133 e. The second-order valence-electron chi connectivity index (χ2n) is 5.35. The summed E-state index contributed by atoms with van der Waals surface area (Å²) in [6.07, 6.45) is 1.04. The summed E-state index contributed by atoms with van der Waals surface area (Å²) in [5.41, 5.74) is 7.55. The van der Waals surface area contributed by atoms with Gasteiger partial charge in [-0.3, -0.25) is 0 Å². The Hall–Kier alpha value is -0.580. The van der Waals surface area contributed by atoms with Gasteiger partial charge in [-0.15, -0.1) is 0 Å². The lowest BCUT2D eigenvalue weighted by atomic mass is 9.79. The molecule has 1 unspecified atom stereocenters. The van der Waals surface area contributed by atoms with Crippen molar-refractivity contribution in [2.75, 3.05) is 20.3 Å². The zero-order valence-electron chi connectivity index (χ0n) is 12.2. The molecule has 0 saturated heterocycles. The van der Waals surface area contributed by atoms with Gasteiger partial charge in [0.2, 0.25) is 0 Å². The molecule has 0 aliphatic carbocycles. The predicted molar refractivity (Wildman–Crippen MR) is 82.5 cm³/mol. The van der Waals surface area contributed by atoms with E-state index in [-0.39, 0.29) is 11.5 Å². The third-order valence-electron chi connectivity index (χ3n) is 3.61. The first-order valence-electron chi connectivity index (χ1n) is 6.59. The van der Waals surface area contributed by atoms with Gasteiger partial charge >= 0.3 is 0 Å². The Labute approximate surface area is 124 Å². The van der Waals surface area contributed by atoms with Crippen LogP contribution in [0.25, 0.3) is 0 Å². The highest BCUT2D eigenvalue weighted by Crippen LogP contribution is 2.37. The van der Waals surface area contributed by atoms with Crippen molar-refractivity contribution in [1.82, 2.24) is 0 Å². The fourth-order valence-electron chi connectivity index (χ4n) is 1.73. The van der Waals surface area contributed by atoms with E-state index < -0.39 is 0 Å². The molecule has 0 aromatic heterocycles. The van der Waals surface area contributed by atoms with E-state index in [9.17, 15) is 0 Å². The number of halogens is 1. The smallest absolute Gasteiger partial charge is 0.133 e. The Morgan fingerprint density at radius 2 is 2.00 bits per heavy atom. The third-order valence-corrected chi connectivity index (χ3v) is 4.23. The average molecular weight is 330 g/mol. The number of hydrogen-bond acceptors (Lipinski definition) is 3. The lowest BCUT2D eigenvalue weighted by molar-refractivity contribution is 0.146. The predicted octanol–water partition coefficient (Wildman–Crippen LogP) is 3.91. The molecule has 0 amide bonds. The summed E-state index contributed by atoms with van der Waals surface area (Å²) in [6.45, 7) is 7.66. The van der Waals surface area contributed by atoms with Crippen molar-refractivity contribution in [2.24, 2.45) is 11.1 Å². The van der Waals surface area contributed by atoms with Crippen LogP contribution in [0.2, 0.25) is 0 Å². The van der Waals surface area contributed by atoms with E-state index in [2.05, 4.69) is 36.7 Å². The zero-order chi connectivity index (χ0) is 14.5. The minimum absolute atomic E-state index is 0.0156. The first-order chi connectivity index (χ1) is 8.92. The number of ether oxygens (including phenoxy) is 2. The molecule has 0 bridgehead atoms. The molecule has 3 nitrogen and oxygen atoms in total. The molecule has 0 aliphatic rings. The summed E-state index contributed by atoms with van der Waals surface area (Å²) >= 11 is 3.53. The maximum atomic E-state index is 6.34. The number of benzene rings is 1. The second kappa shape index (κ2) is 7.27. The maximum absolute atomic E-state index is 6.34. The van der Waals surface area contributed by atoms with Crippen LogP contribution in [0.15, 0.2) is 22.7 Å². The SMILES string of the molecule is CCC(C)(C)C(N)c1ccc(OCCOC)c(Br)c1. The Morgan fingerprint density at radius 1 is 1.32 bits per heavy atom. The summed E-state index contributed by atoms with van der Waals surface area (Å²) < 4.78 is 11.5. The van der Waals surface area contributed by atoms with Crippen LogP contribution in [0, 0.1) is 5.41 Å². The van der Waals surface area contributed by atoms with Gasteiger partial charge in [-0.25, -0.2) is 0 Å². The summed E-state index contributed by atoms with van der Waals surface area (Å²) in [4.78, 5) is 0. The van der Waals surface area contributed by atoms with Gasteiger partial charge in [0.1, 0.15) is 12.4 Å². The minimum Gasteiger partial charge on any atom is -0.490 e. The molecule has 1 aromatic rings. The molecule has 1 atom stereocenters. The molecule has 108 valence electrons. The molecule has 0 spiro atoms. The van der Waals surface area contributed by atoms with Crippen molar-refractivity contribution in [3.63, 3.8) is 0 Å². The molecule has 0 fully saturated rings. The van der Waals surface area contributed by atoms with E-state index in [0.29, 0.717) is 13.2 Å². The van der Waals surface area contributed by atoms with Gasteiger partial charge < -0.3 is 15.2 Å². The van der Waals surface area contributed by atoms with Crippen LogP contribution in [0.4, 0.5) is 0 Å². The van der Waals surface area contributed by atoms with Crippen molar-refractivity contribution in [1.29, 1.82) is 0 Å². The molecule has 1 rings (SSSR count). The molecule has 2 N–H and O–H groups in total. The van der Waals surface area contributed by atoms with Gasteiger partial charge in [-0.2, -0.15) is 0 Å². The lowest BCUT2D eigenvalue weighted by Gasteiger charge is -2.31. The lowest BCUT2D eigenvalue weighted by Crippen LogP contribution is -2.28. The molecule has 0 saturated carbocycles. The Kier molecular flexibility index (Phi) is 6.30. The fourth-order valence-corrected chi connectivity index (χ4v) is 2.24. The highest BCUT2D eigenvalue weighted by atomic mass is 79.9. The number of methoxy groups -OCH3 is 1. The molecule has 4 heteroatoms. The molecule has 0 radical (unpaired) electrons. The van der Waals surface area contributed by atoms with Crippen molar-refractivity contribution in [2.45, 2.75) is 33.2 Å². The van der Waals surface area contributed by atoms with Crippen LogP contribution in [0.3, 0.4) is 0 Å². The largest absolute Gasteiger partial charge is 0.490 e. The summed E-state index contributed by atoms with van der Waals surface area (Å²) in [5, 5.41) is 0. The number of nitrogens with two attached hydrogens (primary N) is 1. The van der Waals surface area contributed by atoms with Gasteiger partial charge in [0.25, 0.3) is 0 Å². The number of rotatable bonds is 7. The van der Waals surface area contributed by atoms with Gasteiger partial charge in [0.05, 0.1) is 11.1 Å². The van der Waals surface area contributed by atoms with Crippen molar-refractivity contribution < 1.29 is 9.47 Å². The van der Waals surface area contributed by atoms with Gasteiger partial charge in [0.15, 0.2) is 0 Å². The Morgan fingerprint density at radius 3 is 2.53 bits per heavy atom. The molecule has 19 heavy (non-hydrogen) atoms. The summed E-state index contributed by atoms with van der Waals surface area (Å²) in [5.74, 6) is 0.822. The molecular formula is C15H24BrNO2. The van der Waals surface area contributed by atoms with Gasteiger partial charge in [-0.1, -0.05) is 26.8 Å². The van der Waals surface area contributed by atoms with Crippen LogP contribution in [0.1, 0.15) is 38.8 Å². The monoisotopic (exact) mass is 329 g/mol. The highest BCUT2D eigenvalue weighted by molar-refractivity contribution is 9.10. The van der Waals surface area contributed by atoms with Crippen LogP contribution in [-0.2, 0) is 4.74 Å². The van der Waals surface area contributed by atoms with Crippen LogP contribution < -0.4 is 10.5 Å². The van der Waals surface area contributed by atoms with Crippen LogP contribution in [-0.4, -0.2) is 20.3 Å². The quantitative estimate of drug-likeness (QED) is 0.771. The molecule has 0 aliphatic heterocycles. The minimum atomic E-state index is 0.0156. The third kappa shape index (κ3) is 4.48. The normalized spacial score (nSPS) is 13.4. The summed E-state index contributed by atoms with van der Waals surface area (Å²) in [7, 11) is 1.66. The number of hydrogen-bond donors (Lipinski definition) is 1. The van der Waals surface area contributed by atoms with E-state index >= 15 is 0 Å². The van der Waals surface area contributed by atoms with Crippen LogP contribution in [0.5, 0.6) is 5.75 Å². The standard InChI is InChI=1S/C15H24BrNO2/c1-5-15(2,3)14(17)11-6-7-13(12(16)10-11)19-9-8-18-4/h6-7,10,14H,5,8-9,17H2,1-4H3. The first kappa shape index (κ1) is 16.5.